The van der Waals surface area contributed by atoms with Gasteiger partial charge in [-0.1, -0.05) is 32.4 Å². The number of nitrogens with one attached hydrogen (secondary N) is 1. The van der Waals surface area contributed by atoms with E-state index < -0.39 is 0 Å². The molecule has 1 aromatic carbocycles. The van der Waals surface area contributed by atoms with Crippen LogP contribution in [-0.2, 0) is 6.42 Å². The van der Waals surface area contributed by atoms with Crippen LogP contribution >= 0.6 is 0 Å². The second kappa shape index (κ2) is 8.27. The molecule has 5 nitrogen and oxygen atoms in total. The molecule has 0 spiro atoms. The summed E-state index contributed by atoms with van der Waals surface area (Å²) < 4.78 is 0. The molecule has 23 heavy (non-hydrogen) atoms. The van der Waals surface area contributed by atoms with E-state index in [1.165, 1.54) is 11.9 Å². The Morgan fingerprint density at radius 1 is 1.17 bits per heavy atom. The quantitative estimate of drug-likeness (QED) is 0.849. The van der Waals surface area contributed by atoms with Gasteiger partial charge in [-0.25, -0.2) is 9.97 Å². The average molecular weight is 312 g/mol. The van der Waals surface area contributed by atoms with Crippen LogP contribution in [-0.4, -0.2) is 29.5 Å². The van der Waals surface area contributed by atoms with E-state index in [4.69, 9.17) is 0 Å². The van der Waals surface area contributed by atoms with Gasteiger partial charge in [0.2, 0.25) is 0 Å². The summed E-state index contributed by atoms with van der Waals surface area (Å²) in [6.07, 6.45) is 4.63. The van der Waals surface area contributed by atoms with Gasteiger partial charge in [0.15, 0.2) is 0 Å². The van der Waals surface area contributed by atoms with E-state index in [1.54, 1.807) is 6.07 Å². The molecule has 2 rings (SSSR count). The summed E-state index contributed by atoms with van der Waals surface area (Å²) in [5.41, 5.74) is 2.38. The maximum absolute atomic E-state index is 12.3. The topological polar surface area (TPSA) is 58.1 Å². The van der Waals surface area contributed by atoms with Gasteiger partial charge in [-0.3, -0.25) is 4.79 Å². The number of aromatic nitrogens is 2. The number of amides is 1. The summed E-state index contributed by atoms with van der Waals surface area (Å²) in [4.78, 5) is 22.7. The number of aryl methyl sites for hydroxylation is 1. The van der Waals surface area contributed by atoms with Crippen LogP contribution in [0.25, 0.3) is 0 Å². The second-order valence-corrected chi connectivity index (χ2v) is 5.54. The van der Waals surface area contributed by atoms with E-state index in [0.717, 1.165) is 37.3 Å². The zero-order valence-corrected chi connectivity index (χ0v) is 14.0. The van der Waals surface area contributed by atoms with Crippen LogP contribution in [0.2, 0.25) is 0 Å². The zero-order chi connectivity index (χ0) is 16.7. The van der Waals surface area contributed by atoms with Crippen LogP contribution in [0.4, 0.5) is 11.5 Å². The van der Waals surface area contributed by atoms with Crippen LogP contribution in [0, 0.1) is 0 Å². The number of hydrogen-bond donors (Lipinski definition) is 1. The fourth-order valence-corrected chi connectivity index (χ4v) is 2.21. The van der Waals surface area contributed by atoms with Gasteiger partial charge in [-0.15, -0.1) is 0 Å². The largest absolute Gasteiger partial charge is 0.360 e. The van der Waals surface area contributed by atoms with Gasteiger partial charge >= 0.3 is 0 Å². The summed E-state index contributed by atoms with van der Waals surface area (Å²) in [6, 6.07) is 9.57. The molecule has 2 aromatic rings. The van der Waals surface area contributed by atoms with E-state index in [2.05, 4.69) is 29.1 Å². The van der Waals surface area contributed by atoms with E-state index in [1.807, 2.05) is 36.2 Å². The van der Waals surface area contributed by atoms with Crippen LogP contribution in [0.3, 0.4) is 0 Å². The molecule has 0 bridgehead atoms. The maximum atomic E-state index is 12.3. The summed E-state index contributed by atoms with van der Waals surface area (Å²) in [5, 5.41) is 2.87. The normalized spacial score (nSPS) is 10.4. The lowest BCUT2D eigenvalue weighted by molar-refractivity contribution is 0.102. The Labute approximate surface area is 137 Å². The predicted octanol–water partition coefficient (Wildman–Crippen LogP) is 3.53. The standard InChI is InChI=1S/C18H24N4O/c1-4-6-11-22(3)17-12-16(19-13-20-17)18(23)21-15-9-7-14(5-2)8-10-15/h7-10,12-13H,4-6,11H2,1-3H3,(H,21,23). The highest BCUT2D eigenvalue weighted by molar-refractivity contribution is 6.03. The Morgan fingerprint density at radius 3 is 2.57 bits per heavy atom. The summed E-state index contributed by atoms with van der Waals surface area (Å²) in [5.74, 6) is 0.543. The number of anilines is 2. The number of hydrogen-bond acceptors (Lipinski definition) is 4. The Bertz CT molecular complexity index is 640. The molecule has 0 saturated heterocycles. The first-order chi connectivity index (χ1) is 11.1. The average Bonchev–Trinajstić information content (AvgIpc) is 2.60. The third kappa shape index (κ3) is 4.77. The van der Waals surface area contributed by atoms with Crippen molar-refractivity contribution in [3.05, 3.63) is 47.9 Å². The van der Waals surface area contributed by atoms with Crippen molar-refractivity contribution in [1.82, 2.24) is 9.97 Å². The molecule has 5 heteroatoms. The van der Waals surface area contributed by atoms with E-state index in [9.17, 15) is 4.79 Å². The van der Waals surface area contributed by atoms with Crippen molar-refractivity contribution in [3.63, 3.8) is 0 Å². The molecule has 0 aliphatic carbocycles. The van der Waals surface area contributed by atoms with Gasteiger partial charge < -0.3 is 10.2 Å². The van der Waals surface area contributed by atoms with Crippen molar-refractivity contribution in [2.75, 3.05) is 23.8 Å². The molecule has 0 saturated carbocycles. The fraction of sp³-hybridized carbons (Fsp3) is 0.389. The number of unbranched alkanes of at least 4 members (excludes halogenated alkanes) is 1. The Hall–Kier alpha value is -2.43. The maximum Gasteiger partial charge on any atom is 0.274 e. The molecule has 0 fully saturated rings. The van der Waals surface area contributed by atoms with Gasteiger partial charge in [0, 0.05) is 25.3 Å². The lowest BCUT2D eigenvalue weighted by Gasteiger charge is -2.17. The van der Waals surface area contributed by atoms with Crippen LogP contribution < -0.4 is 10.2 Å². The number of carbonyl (C=O) groups excluding carboxylic acids is 1. The lowest BCUT2D eigenvalue weighted by Crippen LogP contribution is -2.21. The summed E-state index contributed by atoms with van der Waals surface area (Å²) in [6.45, 7) is 5.16. The van der Waals surface area contributed by atoms with Gasteiger partial charge in [0.05, 0.1) is 0 Å². The lowest BCUT2D eigenvalue weighted by atomic mass is 10.1. The van der Waals surface area contributed by atoms with Crippen molar-refractivity contribution in [3.8, 4) is 0 Å². The highest BCUT2D eigenvalue weighted by atomic mass is 16.1. The molecule has 0 unspecified atom stereocenters. The second-order valence-electron chi connectivity index (χ2n) is 5.54. The molecular formula is C18H24N4O. The SMILES string of the molecule is CCCCN(C)c1cc(C(=O)Nc2ccc(CC)cc2)ncn1. The van der Waals surface area contributed by atoms with E-state index in [-0.39, 0.29) is 5.91 Å². The molecule has 1 N–H and O–H groups in total. The molecular weight excluding hydrogens is 288 g/mol. The Morgan fingerprint density at radius 2 is 1.91 bits per heavy atom. The molecule has 0 aliphatic rings. The molecule has 122 valence electrons. The van der Waals surface area contributed by atoms with Crippen molar-refractivity contribution in [2.24, 2.45) is 0 Å². The molecule has 1 aromatic heterocycles. The molecule has 0 atom stereocenters. The van der Waals surface area contributed by atoms with Crippen LogP contribution in [0.1, 0.15) is 42.7 Å². The molecule has 1 amide bonds. The highest BCUT2D eigenvalue weighted by Crippen LogP contribution is 2.14. The smallest absolute Gasteiger partial charge is 0.274 e. The first-order valence-corrected chi connectivity index (χ1v) is 8.07. The summed E-state index contributed by atoms with van der Waals surface area (Å²) >= 11 is 0. The van der Waals surface area contributed by atoms with Crippen molar-refractivity contribution < 1.29 is 4.79 Å². The monoisotopic (exact) mass is 312 g/mol. The van der Waals surface area contributed by atoms with Crippen LogP contribution in [0.15, 0.2) is 36.7 Å². The number of rotatable bonds is 7. The number of nitrogens with zero attached hydrogens (tertiary/aromatic N) is 3. The zero-order valence-electron chi connectivity index (χ0n) is 14.0. The molecule has 1 heterocycles. The number of carbonyl (C=O) groups is 1. The van der Waals surface area contributed by atoms with Gasteiger partial charge in [-0.05, 0) is 30.5 Å². The van der Waals surface area contributed by atoms with Crippen molar-refractivity contribution in [2.45, 2.75) is 33.1 Å². The Balaban J connectivity index is 2.06. The van der Waals surface area contributed by atoms with Gasteiger partial charge in [-0.2, -0.15) is 0 Å². The fourth-order valence-electron chi connectivity index (χ4n) is 2.21. The third-order valence-electron chi connectivity index (χ3n) is 3.74. The third-order valence-corrected chi connectivity index (χ3v) is 3.74. The summed E-state index contributed by atoms with van der Waals surface area (Å²) in [7, 11) is 1.98. The number of benzene rings is 1. The minimum atomic E-state index is -0.221. The van der Waals surface area contributed by atoms with Gasteiger partial charge in [0.1, 0.15) is 17.8 Å². The Kier molecular flexibility index (Phi) is 6.09. The first-order valence-electron chi connectivity index (χ1n) is 8.07. The first kappa shape index (κ1) is 16.9. The van der Waals surface area contributed by atoms with E-state index >= 15 is 0 Å². The molecule has 0 radical (unpaired) electrons. The van der Waals surface area contributed by atoms with Crippen molar-refractivity contribution in [1.29, 1.82) is 0 Å². The van der Waals surface area contributed by atoms with E-state index in [0.29, 0.717) is 5.69 Å². The molecule has 0 aliphatic heterocycles. The van der Waals surface area contributed by atoms with Gasteiger partial charge in [0.25, 0.3) is 5.91 Å². The minimum Gasteiger partial charge on any atom is -0.360 e. The van der Waals surface area contributed by atoms with Crippen molar-refractivity contribution >= 4 is 17.4 Å². The van der Waals surface area contributed by atoms with Crippen LogP contribution in [0.5, 0.6) is 0 Å². The minimum absolute atomic E-state index is 0.221. The highest BCUT2D eigenvalue weighted by Gasteiger charge is 2.11. The predicted molar refractivity (Wildman–Crippen MR) is 94.0 cm³/mol.